The number of halogens is 2. The molecular formula is C16H16Cl2N4O. The fourth-order valence-electron chi connectivity index (χ4n) is 3.32. The van der Waals surface area contributed by atoms with Crippen molar-refractivity contribution in [2.24, 2.45) is 0 Å². The summed E-state index contributed by atoms with van der Waals surface area (Å²) in [7, 11) is 0. The summed E-state index contributed by atoms with van der Waals surface area (Å²) >= 11 is 12.6. The fraction of sp³-hybridized carbons (Fsp3) is 0.312. The molecule has 1 aliphatic carbocycles. The maximum absolute atomic E-state index is 10.7. The largest absolute Gasteiger partial charge is 0.371 e. The standard InChI is InChI=1S/C16H16Cl2N4O/c17-11-5-12(22-16(23)3-1-2-4-16)13-10(9-6-20-21-7-9)8-19-15(13)14(11)18/h5-8,19,22-23H,1-4H2,(H,20,21). The lowest BCUT2D eigenvalue weighted by Gasteiger charge is -2.26. The number of hydrogen-bond donors (Lipinski definition) is 4. The predicted octanol–water partition coefficient (Wildman–Crippen LogP) is 4.54. The van der Waals surface area contributed by atoms with E-state index in [2.05, 4.69) is 20.5 Å². The molecule has 1 aromatic carbocycles. The Labute approximate surface area is 143 Å². The number of anilines is 1. The van der Waals surface area contributed by atoms with Crippen LogP contribution in [0.3, 0.4) is 0 Å². The summed E-state index contributed by atoms with van der Waals surface area (Å²) in [6.07, 6.45) is 8.91. The van der Waals surface area contributed by atoms with E-state index in [0.29, 0.717) is 10.0 Å². The summed E-state index contributed by atoms with van der Waals surface area (Å²) in [5.41, 5.74) is 2.53. The summed E-state index contributed by atoms with van der Waals surface area (Å²) in [4.78, 5) is 3.18. The van der Waals surface area contributed by atoms with Crippen LogP contribution in [0.25, 0.3) is 22.0 Å². The molecule has 2 heterocycles. The molecule has 0 spiro atoms. The van der Waals surface area contributed by atoms with E-state index < -0.39 is 5.72 Å². The Kier molecular flexibility index (Phi) is 3.52. The highest BCUT2D eigenvalue weighted by Crippen LogP contribution is 2.43. The van der Waals surface area contributed by atoms with Crippen molar-refractivity contribution in [2.45, 2.75) is 31.4 Å². The van der Waals surface area contributed by atoms with Crippen LogP contribution in [-0.4, -0.2) is 26.0 Å². The Balaban J connectivity index is 1.91. The van der Waals surface area contributed by atoms with Crippen LogP contribution in [0, 0.1) is 0 Å². The first kappa shape index (κ1) is 14.9. The molecule has 1 saturated carbocycles. The summed E-state index contributed by atoms with van der Waals surface area (Å²) in [6, 6.07) is 1.78. The zero-order chi connectivity index (χ0) is 16.0. The highest BCUT2D eigenvalue weighted by molar-refractivity contribution is 6.46. The van der Waals surface area contributed by atoms with Crippen molar-refractivity contribution in [3.05, 3.63) is 34.7 Å². The molecule has 0 saturated heterocycles. The van der Waals surface area contributed by atoms with Gasteiger partial charge in [0, 0.05) is 34.6 Å². The second-order valence-corrected chi connectivity index (χ2v) is 6.81. The fourth-order valence-corrected chi connectivity index (χ4v) is 3.73. The molecule has 0 bridgehead atoms. The lowest BCUT2D eigenvalue weighted by molar-refractivity contribution is 0.0781. The average molecular weight is 351 g/mol. The molecule has 7 heteroatoms. The van der Waals surface area contributed by atoms with Gasteiger partial charge in [0.2, 0.25) is 0 Å². The summed E-state index contributed by atoms with van der Waals surface area (Å²) in [6.45, 7) is 0. The van der Waals surface area contributed by atoms with Gasteiger partial charge in [-0.05, 0) is 31.7 Å². The maximum atomic E-state index is 10.7. The van der Waals surface area contributed by atoms with Gasteiger partial charge in [0.15, 0.2) is 0 Å². The third-order valence-electron chi connectivity index (χ3n) is 4.46. The van der Waals surface area contributed by atoms with Gasteiger partial charge in [-0.25, -0.2) is 0 Å². The molecule has 3 aromatic rings. The number of aromatic nitrogens is 3. The molecule has 0 radical (unpaired) electrons. The number of H-pyrrole nitrogens is 2. The van der Waals surface area contributed by atoms with Crippen molar-refractivity contribution < 1.29 is 5.11 Å². The highest BCUT2D eigenvalue weighted by Gasteiger charge is 2.32. The molecule has 0 aliphatic heterocycles. The lowest BCUT2D eigenvalue weighted by Crippen LogP contribution is -2.34. The van der Waals surface area contributed by atoms with Gasteiger partial charge in [-0.2, -0.15) is 5.10 Å². The number of aromatic amines is 2. The molecule has 0 amide bonds. The zero-order valence-electron chi connectivity index (χ0n) is 12.3. The SMILES string of the molecule is OC1(Nc2cc(Cl)c(Cl)c3[nH]cc(-c4cn[nH]c4)c23)CCCC1. The normalized spacial score (nSPS) is 17.0. The van der Waals surface area contributed by atoms with E-state index in [1.165, 1.54) is 0 Å². The summed E-state index contributed by atoms with van der Waals surface area (Å²) in [5.74, 6) is 0. The van der Waals surface area contributed by atoms with Crippen LogP contribution in [0.2, 0.25) is 10.0 Å². The average Bonchev–Trinajstić information content (AvgIpc) is 3.24. The molecule has 0 unspecified atom stereocenters. The first-order valence-electron chi connectivity index (χ1n) is 7.56. The molecule has 5 nitrogen and oxygen atoms in total. The van der Waals surface area contributed by atoms with E-state index in [1.807, 2.05) is 12.4 Å². The summed E-state index contributed by atoms with van der Waals surface area (Å²) in [5, 5.41) is 22.6. The molecular weight excluding hydrogens is 335 g/mol. The summed E-state index contributed by atoms with van der Waals surface area (Å²) < 4.78 is 0. The van der Waals surface area contributed by atoms with Crippen LogP contribution in [0.15, 0.2) is 24.7 Å². The van der Waals surface area contributed by atoms with Crippen molar-refractivity contribution in [3.8, 4) is 11.1 Å². The Morgan fingerprint density at radius 1 is 1.22 bits per heavy atom. The maximum Gasteiger partial charge on any atom is 0.135 e. The third-order valence-corrected chi connectivity index (χ3v) is 5.24. The first-order valence-corrected chi connectivity index (χ1v) is 8.32. The van der Waals surface area contributed by atoms with Crippen molar-refractivity contribution in [1.29, 1.82) is 0 Å². The van der Waals surface area contributed by atoms with E-state index >= 15 is 0 Å². The molecule has 4 N–H and O–H groups in total. The number of nitrogens with one attached hydrogen (secondary N) is 3. The van der Waals surface area contributed by atoms with Crippen LogP contribution < -0.4 is 5.32 Å². The van der Waals surface area contributed by atoms with Gasteiger partial charge in [-0.1, -0.05) is 23.2 Å². The minimum absolute atomic E-state index is 0.448. The van der Waals surface area contributed by atoms with E-state index in [1.54, 1.807) is 12.3 Å². The van der Waals surface area contributed by atoms with Crippen molar-refractivity contribution >= 4 is 39.8 Å². The molecule has 120 valence electrons. The van der Waals surface area contributed by atoms with E-state index in [-0.39, 0.29) is 0 Å². The number of rotatable bonds is 3. The van der Waals surface area contributed by atoms with Crippen LogP contribution in [0.1, 0.15) is 25.7 Å². The van der Waals surface area contributed by atoms with Gasteiger partial charge < -0.3 is 15.4 Å². The van der Waals surface area contributed by atoms with E-state index in [4.69, 9.17) is 23.2 Å². The van der Waals surface area contributed by atoms with Gasteiger partial charge in [0.1, 0.15) is 5.72 Å². The Hall–Kier alpha value is -1.69. The smallest absolute Gasteiger partial charge is 0.135 e. The Bertz CT molecular complexity index is 851. The van der Waals surface area contributed by atoms with Gasteiger partial charge in [0.25, 0.3) is 0 Å². The first-order chi connectivity index (χ1) is 11.1. The molecule has 4 rings (SSSR count). The number of fused-ring (bicyclic) bond motifs is 1. The molecule has 1 fully saturated rings. The quantitative estimate of drug-likeness (QED) is 0.523. The van der Waals surface area contributed by atoms with E-state index in [9.17, 15) is 5.11 Å². The molecule has 23 heavy (non-hydrogen) atoms. The van der Waals surface area contributed by atoms with Crippen molar-refractivity contribution in [2.75, 3.05) is 5.32 Å². The third kappa shape index (κ3) is 2.49. The number of hydrogen-bond acceptors (Lipinski definition) is 3. The highest BCUT2D eigenvalue weighted by atomic mass is 35.5. The van der Waals surface area contributed by atoms with Gasteiger partial charge in [-0.3, -0.25) is 5.10 Å². The van der Waals surface area contributed by atoms with Crippen LogP contribution in [0.5, 0.6) is 0 Å². The second-order valence-electron chi connectivity index (χ2n) is 6.02. The van der Waals surface area contributed by atoms with Gasteiger partial charge >= 0.3 is 0 Å². The van der Waals surface area contributed by atoms with Crippen LogP contribution in [0.4, 0.5) is 5.69 Å². The van der Waals surface area contributed by atoms with Crippen molar-refractivity contribution in [1.82, 2.24) is 15.2 Å². The molecule has 2 aromatic heterocycles. The monoisotopic (exact) mass is 350 g/mol. The Morgan fingerprint density at radius 3 is 2.70 bits per heavy atom. The zero-order valence-corrected chi connectivity index (χ0v) is 13.8. The molecule has 0 atom stereocenters. The van der Waals surface area contributed by atoms with Gasteiger partial charge in [0.05, 0.1) is 21.8 Å². The number of aliphatic hydroxyl groups is 1. The minimum atomic E-state index is -0.894. The number of benzene rings is 1. The van der Waals surface area contributed by atoms with Gasteiger partial charge in [-0.15, -0.1) is 0 Å². The van der Waals surface area contributed by atoms with Crippen LogP contribution >= 0.6 is 23.2 Å². The lowest BCUT2D eigenvalue weighted by atomic mass is 10.0. The predicted molar refractivity (Wildman–Crippen MR) is 92.9 cm³/mol. The minimum Gasteiger partial charge on any atom is -0.371 e. The van der Waals surface area contributed by atoms with Crippen molar-refractivity contribution in [3.63, 3.8) is 0 Å². The number of nitrogens with zero attached hydrogens (tertiary/aromatic N) is 1. The topological polar surface area (TPSA) is 76.7 Å². The molecule has 1 aliphatic rings. The van der Waals surface area contributed by atoms with E-state index in [0.717, 1.165) is 53.4 Å². The Morgan fingerprint density at radius 2 is 2.00 bits per heavy atom. The van der Waals surface area contributed by atoms with Crippen LogP contribution in [-0.2, 0) is 0 Å². The second kappa shape index (κ2) is 5.44.